The summed E-state index contributed by atoms with van der Waals surface area (Å²) in [5.74, 6) is -0.890. The van der Waals surface area contributed by atoms with Gasteiger partial charge in [-0.05, 0) is 32.4 Å². The molecular weight excluding hydrogens is 513 g/mol. The van der Waals surface area contributed by atoms with Crippen LogP contribution in [0.1, 0.15) is 213 Å². The van der Waals surface area contributed by atoms with Gasteiger partial charge in [0.1, 0.15) is 0 Å². The van der Waals surface area contributed by atoms with Crippen molar-refractivity contribution < 1.29 is 39.5 Å². The quantitative estimate of drug-likeness (QED) is 0.0563. The molecule has 0 heterocycles. The Morgan fingerprint density at radius 3 is 0.927 bits per heavy atom. The smallest absolute Gasteiger partial charge is 0.550 e. The van der Waals surface area contributed by atoms with Gasteiger partial charge in [-0.1, -0.05) is 188 Å². The maximum absolute atomic E-state index is 11.3. The van der Waals surface area contributed by atoms with Crippen LogP contribution in [0.4, 0.5) is 0 Å². The minimum Gasteiger partial charge on any atom is -0.550 e. The van der Waals surface area contributed by atoms with Crippen molar-refractivity contribution in [3.8, 4) is 0 Å². The molecule has 0 aliphatic heterocycles. The molecule has 0 aliphatic carbocycles. The molecule has 0 spiro atoms. The first-order valence-corrected chi connectivity index (χ1v) is 18.6. The van der Waals surface area contributed by atoms with Crippen molar-refractivity contribution in [2.24, 2.45) is 0 Å². The molecule has 0 fully saturated rings. The summed E-state index contributed by atoms with van der Waals surface area (Å²) >= 11 is 0. The van der Waals surface area contributed by atoms with E-state index in [4.69, 9.17) is 0 Å². The van der Waals surface area contributed by atoms with Gasteiger partial charge in [-0.15, -0.1) is 0 Å². The van der Waals surface area contributed by atoms with Gasteiger partial charge in [-0.2, -0.15) is 0 Å². The first kappa shape index (κ1) is 43.6. The van der Waals surface area contributed by atoms with E-state index < -0.39 is 5.97 Å². The summed E-state index contributed by atoms with van der Waals surface area (Å²) in [6.07, 6.45) is 39.8. The molecule has 0 aliphatic rings. The van der Waals surface area contributed by atoms with E-state index >= 15 is 0 Å². The van der Waals surface area contributed by atoms with Crippen LogP contribution in [0.25, 0.3) is 0 Å². The summed E-state index contributed by atoms with van der Waals surface area (Å²) in [4.78, 5) is 13.8. The zero-order chi connectivity index (χ0) is 29.4. The van der Waals surface area contributed by atoms with Gasteiger partial charge in [-0.25, -0.2) is 0 Å². The Hall–Kier alpha value is 0.430. The minimum atomic E-state index is -0.890. The molecule has 0 aromatic heterocycles. The number of aliphatic carboxylic acids is 1. The van der Waals surface area contributed by atoms with Crippen molar-refractivity contribution in [2.45, 2.75) is 219 Å². The molecule has 41 heavy (non-hydrogen) atoms. The van der Waals surface area contributed by atoms with Gasteiger partial charge < -0.3 is 14.8 Å². The third-order valence-corrected chi connectivity index (χ3v) is 8.99. The van der Waals surface area contributed by atoms with Crippen molar-refractivity contribution in [1.29, 1.82) is 0 Å². The Morgan fingerprint density at radius 1 is 0.463 bits per heavy atom. The molecule has 1 atom stereocenters. The molecule has 1 unspecified atom stereocenters. The predicted octanol–water partition coefficient (Wildman–Crippen LogP) is 8.17. The van der Waals surface area contributed by atoms with Crippen LogP contribution in [-0.2, 0) is 4.79 Å². The van der Waals surface area contributed by atoms with Crippen LogP contribution in [0.2, 0.25) is 0 Å². The molecule has 0 saturated carbocycles. The number of carboxylic acids is 1. The molecule has 0 aromatic carbocycles. The SMILES string of the molecule is CCCCCCCCCCCCCCCCN(CCCCCCCCCCCCCCCC)C(CC)CC(=O)[O-].[Na+]. The van der Waals surface area contributed by atoms with Crippen LogP contribution in [0.3, 0.4) is 0 Å². The summed E-state index contributed by atoms with van der Waals surface area (Å²) in [5, 5.41) is 11.3. The maximum atomic E-state index is 11.3. The molecule has 0 aromatic rings. The summed E-state index contributed by atoms with van der Waals surface area (Å²) in [7, 11) is 0. The van der Waals surface area contributed by atoms with Crippen molar-refractivity contribution in [3.05, 3.63) is 0 Å². The molecule has 0 N–H and O–H groups in total. The van der Waals surface area contributed by atoms with Gasteiger partial charge >= 0.3 is 29.6 Å². The average Bonchev–Trinajstić information content (AvgIpc) is 2.95. The molecule has 0 rings (SSSR count). The maximum Gasteiger partial charge on any atom is 1.00 e. The van der Waals surface area contributed by atoms with Crippen molar-refractivity contribution in [1.82, 2.24) is 4.90 Å². The van der Waals surface area contributed by atoms with E-state index in [2.05, 4.69) is 25.7 Å². The van der Waals surface area contributed by atoms with E-state index in [1.165, 1.54) is 180 Å². The van der Waals surface area contributed by atoms with Gasteiger partial charge in [0.2, 0.25) is 0 Å². The van der Waals surface area contributed by atoms with E-state index in [1.54, 1.807) is 0 Å². The second-order valence-electron chi connectivity index (χ2n) is 12.9. The molecular formula is C37H74NNaO2. The van der Waals surface area contributed by atoms with E-state index in [1.807, 2.05) is 0 Å². The molecule has 0 bridgehead atoms. The van der Waals surface area contributed by atoms with E-state index in [0.717, 1.165) is 19.5 Å². The molecule has 0 amide bonds. The van der Waals surface area contributed by atoms with E-state index in [0.29, 0.717) is 0 Å². The second kappa shape index (κ2) is 36.6. The van der Waals surface area contributed by atoms with Crippen LogP contribution < -0.4 is 34.7 Å². The fraction of sp³-hybridized carbons (Fsp3) is 0.973. The number of hydrogen-bond acceptors (Lipinski definition) is 3. The minimum absolute atomic E-state index is 0. The molecule has 0 saturated heterocycles. The Morgan fingerprint density at radius 2 is 0.707 bits per heavy atom. The number of rotatable bonds is 34. The van der Waals surface area contributed by atoms with Gasteiger partial charge in [0.15, 0.2) is 0 Å². The summed E-state index contributed by atoms with van der Waals surface area (Å²) in [6.45, 7) is 8.83. The van der Waals surface area contributed by atoms with Gasteiger partial charge in [-0.3, -0.25) is 0 Å². The largest absolute Gasteiger partial charge is 1.00 e. The van der Waals surface area contributed by atoms with Crippen LogP contribution in [-0.4, -0.2) is 30.0 Å². The van der Waals surface area contributed by atoms with Crippen molar-refractivity contribution in [2.75, 3.05) is 13.1 Å². The number of carboxylic acid groups (broad SMARTS) is 1. The normalized spacial score (nSPS) is 12.1. The summed E-state index contributed by atoms with van der Waals surface area (Å²) in [6, 6.07) is 0.147. The topological polar surface area (TPSA) is 43.4 Å². The number of nitrogens with zero attached hydrogens (tertiary/aromatic N) is 1. The first-order chi connectivity index (χ1) is 19.7. The molecule has 4 heteroatoms. The fourth-order valence-corrected chi connectivity index (χ4v) is 6.22. The monoisotopic (exact) mass is 588 g/mol. The zero-order valence-corrected chi connectivity index (χ0v) is 31.0. The first-order valence-electron chi connectivity index (χ1n) is 18.6. The Balaban J connectivity index is 0. The van der Waals surface area contributed by atoms with Crippen molar-refractivity contribution >= 4 is 5.97 Å². The summed E-state index contributed by atoms with van der Waals surface area (Å²) < 4.78 is 0. The molecule has 3 nitrogen and oxygen atoms in total. The fourth-order valence-electron chi connectivity index (χ4n) is 6.22. The standard InChI is InChI=1S/C37H75NO2.Na/c1-4-7-9-11-13-15-17-19-21-23-25-27-29-31-33-38(36(6-3)35-37(39)40)34-32-30-28-26-24-22-20-18-16-14-12-10-8-5-2;/h36H,4-35H2,1-3H3,(H,39,40);/q;+1/p-1. The van der Waals surface area contributed by atoms with Gasteiger partial charge in [0, 0.05) is 18.4 Å². The van der Waals surface area contributed by atoms with Crippen LogP contribution in [0.15, 0.2) is 0 Å². The number of unbranched alkanes of at least 4 members (excludes halogenated alkanes) is 26. The molecule has 240 valence electrons. The Bertz CT molecular complexity index is 469. The number of carbonyl (C=O) groups excluding carboxylic acids is 1. The van der Waals surface area contributed by atoms with Crippen LogP contribution in [0, 0.1) is 0 Å². The Labute approximate surface area is 281 Å². The summed E-state index contributed by atoms with van der Waals surface area (Å²) in [5.41, 5.74) is 0. The number of carbonyl (C=O) groups is 1. The van der Waals surface area contributed by atoms with Crippen LogP contribution in [0.5, 0.6) is 0 Å². The number of hydrogen-bond donors (Lipinski definition) is 0. The third-order valence-electron chi connectivity index (χ3n) is 8.99. The van der Waals surface area contributed by atoms with Gasteiger partial charge in [0.05, 0.1) is 0 Å². The second-order valence-corrected chi connectivity index (χ2v) is 12.9. The van der Waals surface area contributed by atoms with Crippen molar-refractivity contribution in [3.63, 3.8) is 0 Å². The van der Waals surface area contributed by atoms with Gasteiger partial charge in [0.25, 0.3) is 0 Å². The predicted molar refractivity (Wildman–Crippen MR) is 176 cm³/mol. The average molecular weight is 588 g/mol. The van der Waals surface area contributed by atoms with E-state index in [-0.39, 0.29) is 42.0 Å². The Kier molecular flexibility index (Phi) is 38.9. The zero-order valence-electron chi connectivity index (χ0n) is 29.0. The molecule has 0 radical (unpaired) electrons. The van der Waals surface area contributed by atoms with E-state index in [9.17, 15) is 9.90 Å². The third kappa shape index (κ3) is 33.2. The van der Waals surface area contributed by atoms with Crippen LogP contribution >= 0.6 is 0 Å².